The Morgan fingerprint density at radius 3 is 2.77 bits per heavy atom. The molecule has 0 aliphatic carbocycles. The van der Waals surface area contributed by atoms with Crippen LogP contribution in [0.25, 0.3) is 0 Å². The molecule has 0 saturated heterocycles. The summed E-state index contributed by atoms with van der Waals surface area (Å²) in [6.45, 7) is 2.89. The number of rotatable bonds is 4. The Morgan fingerprint density at radius 2 is 1.95 bits per heavy atom. The van der Waals surface area contributed by atoms with Crippen molar-refractivity contribution in [1.29, 1.82) is 0 Å². The molecular weight excluding hydrogens is 294 g/mol. The zero-order valence-electron chi connectivity index (χ0n) is 13.1. The van der Waals surface area contributed by atoms with Crippen LogP contribution in [0.1, 0.15) is 12.0 Å². The lowest BCUT2D eigenvalue weighted by Crippen LogP contribution is -2.23. The molecule has 1 aliphatic rings. The van der Waals surface area contributed by atoms with Crippen molar-refractivity contribution in [3.8, 4) is 0 Å². The number of fused-ring (bicyclic) bond motifs is 2. The standard InChI is InChI=1S/C18H22ClN3/c1-21(2)10-5-11-22-17-7-4-3-6-14(17)13-20-16-9-8-15(19)12-18(16)22/h3-4,6-9,12,20H,5,10-11,13H2,1-2H3. The zero-order valence-corrected chi connectivity index (χ0v) is 13.9. The molecule has 1 heterocycles. The van der Waals surface area contributed by atoms with Gasteiger partial charge in [-0.3, -0.25) is 0 Å². The first-order chi connectivity index (χ1) is 10.6. The summed E-state index contributed by atoms with van der Waals surface area (Å²) < 4.78 is 0. The lowest BCUT2D eigenvalue weighted by atomic mass is 10.1. The SMILES string of the molecule is CN(C)CCCN1c2ccccc2CNc2ccc(Cl)cc21. The van der Waals surface area contributed by atoms with Crippen LogP contribution in [0.3, 0.4) is 0 Å². The minimum absolute atomic E-state index is 0.776. The molecule has 116 valence electrons. The second-order valence-corrected chi connectivity index (χ2v) is 6.39. The highest BCUT2D eigenvalue weighted by atomic mass is 35.5. The molecule has 2 aromatic rings. The molecule has 0 bridgehead atoms. The molecule has 0 aromatic heterocycles. The topological polar surface area (TPSA) is 18.5 Å². The number of para-hydroxylation sites is 1. The Morgan fingerprint density at radius 1 is 1.14 bits per heavy atom. The summed E-state index contributed by atoms with van der Waals surface area (Å²) in [5.41, 5.74) is 4.90. The number of halogens is 1. The molecule has 0 amide bonds. The van der Waals surface area contributed by atoms with E-state index in [0.29, 0.717) is 0 Å². The van der Waals surface area contributed by atoms with Crippen molar-refractivity contribution in [2.45, 2.75) is 13.0 Å². The van der Waals surface area contributed by atoms with Crippen molar-refractivity contribution in [2.75, 3.05) is 37.4 Å². The lowest BCUT2D eigenvalue weighted by molar-refractivity contribution is 0.402. The first kappa shape index (κ1) is 15.2. The van der Waals surface area contributed by atoms with Crippen molar-refractivity contribution in [1.82, 2.24) is 4.90 Å². The average molecular weight is 316 g/mol. The van der Waals surface area contributed by atoms with Crippen molar-refractivity contribution < 1.29 is 0 Å². The minimum atomic E-state index is 0.776. The van der Waals surface area contributed by atoms with Gasteiger partial charge in [0.1, 0.15) is 0 Å². The van der Waals surface area contributed by atoms with Crippen molar-refractivity contribution >= 4 is 28.7 Å². The van der Waals surface area contributed by atoms with Crippen LogP contribution < -0.4 is 10.2 Å². The van der Waals surface area contributed by atoms with Crippen LogP contribution >= 0.6 is 11.6 Å². The Balaban J connectivity index is 1.98. The van der Waals surface area contributed by atoms with Gasteiger partial charge in [-0.05, 0) is 56.9 Å². The summed E-state index contributed by atoms with van der Waals surface area (Å²) in [7, 11) is 4.23. The van der Waals surface area contributed by atoms with Crippen LogP contribution in [0, 0.1) is 0 Å². The van der Waals surface area contributed by atoms with Gasteiger partial charge in [-0.1, -0.05) is 29.8 Å². The van der Waals surface area contributed by atoms with Gasteiger partial charge in [0, 0.05) is 23.8 Å². The summed E-state index contributed by atoms with van der Waals surface area (Å²) in [5.74, 6) is 0. The summed E-state index contributed by atoms with van der Waals surface area (Å²) >= 11 is 6.24. The van der Waals surface area contributed by atoms with E-state index in [1.165, 1.54) is 11.3 Å². The number of nitrogens with one attached hydrogen (secondary N) is 1. The third-order valence-electron chi connectivity index (χ3n) is 3.99. The molecule has 0 spiro atoms. The zero-order chi connectivity index (χ0) is 15.5. The predicted molar refractivity (Wildman–Crippen MR) is 95.4 cm³/mol. The van der Waals surface area contributed by atoms with Crippen molar-refractivity contribution in [3.05, 3.63) is 53.1 Å². The van der Waals surface area contributed by atoms with Crippen LogP contribution in [0.15, 0.2) is 42.5 Å². The second-order valence-electron chi connectivity index (χ2n) is 5.95. The van der Waals surface area contributed by atoms with E-state index in [-0.39, 0.29) is 0 Å². The van der Waals surface area contributed by atoms with Crippen LogP contribution in [-0.4, -0.2) is 32.1 Å². The van der Waals surface area contributed by atoms with Crippen LogP contribution in [0.5, 0.6) is 0 Å². The van der Waals surface area contributed by atoms with Crippen molar-refractivity contribution in [2.24, 2.45) is 0 Å². The van der Waals surface area contributed by atoms with Gasteiger partial charge in [-0.15, -0.1) is 0 Å². The van der Waals surface area contributed by atoms with E-state index >= 15 is 0 Å². The van der Waals surface area contributed by atoms with E-state index in [1.54, 1.807) is 0 Å². The number of hydrogen-bond acceptors (Lipinski definition) is 3. The highest BCUT2D eigenvalue weighted by Gasteiger charge is 2.20. The molecule has 1 N–H and O–H groups in total. The normalized spacial score (nSPS) is 13.4. The molecule has 0 fully saturated rings. The Labute approximate surface area is 137 Å². The van der Waals surface area contributed by atoms with Crippen molar-refractivity contribution in [3.63, 3.8) is 0 Å². The number of nitrogens with zero attached hydrogens (tertiary/aromatic N) is 2. The van der Waals surface area contributed by atoms with E-state index in [9.17, 15) is 0 Å². The van der Waals surface area contributed by atoms with Crippen LogP contribution in [0.2, 0.25) is 5.02 Å². The molecule has 0 saturated carbocycles. The Bertz CT molecular complexity index is 655. The maximum Gasteiger partial charge on any atom is 0.0661 e. The fourth-order valence-electron chi connectivity index (χ4n) is 2.91. The molecule has 0 atom stereocenters. The minimum Gasteiger partial charge on any atom is -0.379 e. The van der Waals surface area contributed by atoms with Gasteiger partial charge in [0.05, 0.1) is 11.4 Å². The quantitative estimate of drug-likeness (QED) is 0.904. The van der Waals surface area contributed by atoms with E-state index in [1.807, 2.05) is 6.07 Å². The third kappa shape index (κ3) is 3.21. The monoisotopic (exact) mass is 315 g/mol. The van der Waals surface area contributed by atoms with E-state index < -0.39 is 0 Å². The molecular formula is C18H22ClN3. The van der Waals surface area contributed by atoms with Gasteiger partial charge in [0.25, 0.3) is 0 Å². The van der Waals surface area contributed by atoms with Gasteiger partial charge >= 0.3 is 0 Å². The van der Waals surface area contributed by atoms with Crippen LogP contribution in [-0.2, 0) is 6.54 Å². The molecule has 4 heteroatoms. The largest absolute Gasteiger partial charge is 0.379 e. The van der Waals surface area contributed by atoms with E-state index in [4.69, 9.17) is 11.6 Å². The summed E-state index contributed by atoms with van der Waals surface area (Å²) in [4.78, 5) is 4.61. The second kappa shape index (κ2) is 6.59. The molecule has 0 radical (unpaired) electrons. The predicted octanol–water partition coefficient (Wildman–Crippen LogP) is 4.36. The molecule has 2 aromatic carbocycles. The molecule has 3 nitrogen and oxygen atoms in total. The molecule has 22 heavy (non-hydrogen) atoms. The summed E-state index contributed by atoms with van der Waals surface area (Å²) in [6, 6.07) is 14.7. The summed E-state index contributed by atoms with van der Waals surface area (Å²) in [5, 5.41) is 4.30. The highest BCUT2D eigenvalue weighted by molar-refractivity contribution is 6.31. The molecule has 1 aliphatic heterocycles. The van der Waals surface area contributed by atoms with Gasteiger partial charge < -0.3 is 15.1 Å². The van der Waals surface area contributed by atoms with Crippen LogP contribution in [0.4, 0.5) is 17.1 Å². The van der Waals surface area contributed by atoms with E-state index in [0.717, 1.165) is 42.5 Å². The Hall–Kier alpha value is -1.71. The lowest BCUT2D eigenvalue weighted by Gasteiger charge is -2.27. The maximum atomic E-state index is 6.24. The van der Waals surface area contributed by atoms with Gasteiger partial charge in [0.15, 0.2) is 0 Å². The number of benzene rings is 2. The summed E-state index contributed by atoms with van der Waals surface area (Å²) in [6.07, 6.45) is 1.10. The molecule has 3 rings (SSSR count). The third-order valence-corrected chi connectivity index (χ3v) is 4.22. The smallest absolute Gasteiger partial charge is 0.0661 e. The van der Waals surface area contributed by atoms with E-state index in [2.05, 4.69) is 65.6 Å². The first-order valence-corrected chi connectivity index (χ1v) is 8.06. The molecule has 0 unspecified atom stereocenters. The Kier molecular flexibility index (Phi) is 4.55. The maximum absolute atomic E-state index is 6.24. The fourth-order valence-corrected chi connectivity index (χ4v) is 3.07. The average Bonchev–Trinajstić information content (AvgIpc) is 2.65. The van der Waals surface area contributed by atoms with Gasteiger partial charge in [-0.25, -0.2) is 0 Å². The van der Waals surface area contributed by atoms with Gasteiger partial charge in [0.2, 0.25) is 0 Å². The number of hydrogen-bond donors (Lipinski definition) is 1. The number of anilines is 3. The highest BCUT2D eigenvalue weighted by Crippen LogP contribution is 2.39. The first-order valence-electron chi connectivity index (χ1n) is 7.69. The fraction of sp³-hybridized carbons (Fsp3) is 0.333. The van der Waals surface area contributed by atoms with Gasteiger partial charge in [-0.2, -0.15) is 0 Å².